The highest BCUT2D eigenvalue weighted by Gasteiger charge is 2.47. The average Bonchev–Trinajstić information content (AvgIpc) is 3.71. The van der Waals surface area contributed by atoms with Crippen molar-refractivity contribution in [2.24, 2.45) is 11.6 Å². The molecule has 2 saturated heterocycles. The number of carbonyl (C=O) groups is 1. The molecule has 2 aliphatic heterocycles. The Kier molecular flexibility index (Phi) is 6.32. The Balaban J connectivity index is 1.29. The normalized spacial score (nSPS) is 20.5. The second-order valence-electron chi connectivity index (χ2n) is 10.0. The predicted molar refractivity (Wildman–Crippen MR) is 139 cm³/mol. The quantitative estimate of drug-likeness (QED) is 0.450. The van der Waals surface area contributed by atoms with Crippen LogP contribution in [-0.2, 0) is 19.6 Å². The molecule has 0 radical (unpaired) electrons. The molecule has 3 fully saturated rings. The lowest BCUT2D eigenvalue weighted by atomic mass is 9.90. The number of sulfonamides is 1. The molecule has 0 atom stereocenters. The van der Waals surface area contributed by atoms with Gasteiger partial charge in [-0.05, 0) is 55.0 Å². The van der Waals surface area contributed by atoms with Crippen LogP contribution in [0.25, 0.3) is 16.8 Å². The Labute approximate surface area is 212 Å². The third-order valence-electron chi connectivity index (χ3n) is 7.45. The zero-order valence-electron chi connectivity index (χ0n) is 20.5. The first-order chi connectivity index (χ1) is 17.1. The maximum Gasteiger partial charge on any atom is 0.248 e. The fourth-order valence-electron chi connectivity index (χ4n) is 5.14. The first-order valence-electron chi connectivity index (χ1n) is 12.2. The van der Waals surface area contributed by atoms with Crippen molar-refractivity contribution in [2.75, 3.05) is 38.3 Å². The molecule has 2 aromatic rings. The number of hydrogen-bond donors (Lipinski definition) is 2. The number of piperidine rings is 1. The van der Waals surface area contributed by atoms with Gasteiger partial charge in [-0.2, -0.15) is 4.31 Å². The van der Waals surface area contributed by atoms with Gasteiger partial charge in [0.05, 0.1) is 22.7 Å². The second kappa shape index (κ2) is 9.19. The molecule has 2 heterocycles. The standard InChI is InChI=1S/C26H33N5O4S/c1-18(27)23-10-5-20(15-24(23)29(2)28)19-3-8-22(9-4-19)36(33,34)30-13-11-26(12-14-30)17-31(21-6-7-21)25(32)16-35-26/h3-5,8-10,15,21H,1,6-7,11-14,16-17,27-28H2,2H3. The summed E-state index contributed by atoms with van der Waals surface area (Å²) < 4.78 is 34.3. The molecule has 192 valence electrons. The molecule has 1 spiro atoms. The van der Waals surface area contributed by atoms with E-state index in [-0.39, 0.29) is 17.4 Å². The summed E-state index contributed by atoms with van der Waals surface area (Å²) >= 11 is 0. The molecule has 1 saturated carbocycles. The summed E-state index contributed by atoms with van der Waals surface area (Å²) in [6.07, 6.45) is 3.26. The minimum Gasteiger partial charge on any atom is -0.399 e. The summed E-state index contributed by atoms with van der Waals surface area (Å²) in [5, 5.41) is 1.48. The fourth-order valence-corrected chi connectivity index (χ4v) is 6.58. The van der Waals surface area contributed by atoms with Crippen molar-refractivity contribution in [2.45, 2.75) is 42.2 Å². The number of amides is 1. The molecule has 36 heavy (non-hydrogen) atoms. The van der Waals surface area contributed by atoms with E-state index in [4.69, 9.17) is 16.3 Å². The van der Waals surface area contributed by atoms with E-state index in [1.165, 1.54) is 9.31 Å². The van der Waals surface area contributed by atoms with Crippen LogP contribution in [0.2, 0.25) is 0 Å². The van der Waals surface area contributed by atoms with Gasteiger partial charge in [-0.3, -0.25) is 4.79 Å². The van der Waals surface area contributed by atoms with Gasteiger partial charge >= 0.3 is 0 Å². The molecule has 0 unspecified atom stereocenters. The predicted octanol–water partition coefficient (Wildman–Crippen LogP) is 2.14. The molecule has 0 bridgehead atoms. The topological polar surface area (TPSA) is 122 Å². The smallest absolute Gasteiger partial charge is 0.248 e. The van der Waals surface area contributed by atoms with Gasteiger partial charge in [0.1, 0.15) is 6.61 Å². The first kappa shape index (κ1) is 24.8. The number of rotatable bonds is 6. The Bertz CT molecular complexity index is 1280. The van der Waals surface area contributed by atoms with Gasteiger partial charge in [0.25, 0.3) is 0 Å². The van der Waals surface area contributed by atoms with E-state index in [1.807, 2.05) is 23.1 Å². The summed E-state index contributed by atoms with van der Waals surface area (Å²) in [6, 6.07) is 12.9. The van der Waals surface area contributed by atoms with Gasteiger partial charge in [0.15, 0.2) is 0 Å². The minimum absolute atomic E-state index is 0.0473. The van der Waals surface area contributed by atoms with Crippen molar-refractivity contribution in [3.05, 3.63) is 54.6 Å². The zero-order valence-corrected chi connectivity index (χ0v) is 21.3. The number of benzene rings is 2. The lowest BCUT2D eigenvalue weighted by Crippen LogP contribution is -2.59. The fraction of sp³-hybridized carbons (Fsp3) is 0.423. The van der Waals surface area contributed by atoms with Crippen LogP contribution in [0.3, 0.4) is 0 Å². The van der Waals surface area contributed by atoms with Gasteiger partial charge in [0, 0.05) is 37.4 Å². The highest BCUT2D eigenvalue weighted by atomic mass is 32.2. The third-order valence-corrected chi connectivity index (χ3v) is 9.36. The van der Waals surface area contributed by atoms with Crippen LogP contribution in [-0.4, -0.2) is 68.5 Å². The monoisotopic (exact) mass is 511 g/mol. The van der Waals surface area contributed by atoms with E-state index in [0.29, 0.717) is 44.2 Å². The number of morpholine rings is 1. The molecule has 4 N–H and O–H groups in total. The van der Waals surface area contributed by atoms with Crippen LogP contribution in [0.4, 0.5) is 5.69 Å². The lowest BCUT2D eigenvalue weighted by molar-refractivity contribution is -0.170. The van der Waals surface area contributed by atoms with Crippen molar-refractivity contribution in [1.82, 2.24) is 9.21 Å². The molecular formula is C26H33N5O4S. The molecule has 3 aliphatic rings. The van der Waals surface area contributed by atoms with Crippen molar-refractivity contribution >= 4 is 27.3 Å². The van der Waals surface area contributed by atoms with Crippen LogP contribution < -0.4 is 16.6 Å². The van der Waals surface area contributed by atoms with Crippen LogP contribution in [0.1, 0.15) is 31.2 Å². The molecule has 1 amide bonds. The number of hydrazine groups is 1. The van der Waals surface area contributed by atoms with Crippen molar-refractivity contribution in [1.29, 1.82) is 0 Å². The molecule has 10 heteroatoms. The Morgan fingerprint density at radius 2 is 1.75 bits per heavy atom. The largest absolute Gasteiger partial charge is 0.399 e. The van der Waals surface area contributed by atoms with Crippen LogP contribution in [0.5, 0.6) is 0 Å². The van der Waals surface area contributed by atoms with Gasteiger partial charge < -0.3 is 20.4 Å². The van der Waals surface area contributed by atoms with Crippen LogP contribution in [0.15, 0.2) is 53.9 Å². The third kappa shape index (κ3) is 4.61. The van der Waals surface area contributed by atoms with Crippen LogP contribution >= 0.6 is 0 Å². The maximum atomic E-state index is 13.4. The minimum atomic E-state index is -3.64. The van der Waals surface area contributed by atoms with Crippen molar-refractivity contribution in [3.8, 4) is 11.1 Å². The summed E-state index contributed by atoms with van der Waals surface area (Å²) in [5.74, 6) is 6.02. The van der Waals surface area contributed by atoms with Gasteiger partial charge in [-0.25, -0.2) is 14.3 Å². The number of carbonyl (C=O) groups excluding carboxylic acids is 1. The van der Waals surface area contributed by atoms with Crippen molar-refractivity contribution in [3.63, 3.8) is 0 Å². The number of hydrogen-bond acceptors (Lipinski definition) is 7. The van der Waals surface area contributed by atoms with Crippen LogP contribution in [0, 0.1) is 0 Å². The van der Waals surface area contributed by atoms with Gasteiger partial charge in [-0.1, -0.05) is 30.8 Å². The first-order valence-corrected chi connectivity index (χ1v) is 13.6. The summed E-state index contributed by atoms with van der Waals surface area (Å²) in [5.41, 5.74) is 9.09. The van der Waals surface area contributed by atoms with E-state index in [9.17, 15) is 13.2 Å². The maximum absolute atomic E-state index is 13.4. The Morgan fingerprint density at radius 3 is 2.33 bits per heavy atom. The number of ether oxygens (including phenoxy) is 1. The van der Waals surface area contributed by atoms with Gasteiger partial charge in [0.2, 0.25) is 15.9 Å². The number of nitrogens with two attached hydrogens (primary N) is 2. The molecule has 0 aromatic heterocycles. The van der Waals surface area contributed by atoms with Crippen molar-refractivity contribution < 1.29 is 17.9 Å². The van der Waals surface area contributed by atoms with Gasteiger partial charge in [-0.15, -0.1) is 0 Å². The molecular weight excluding hydrogens is 478 g/mol. The lowest BCUT2D eigenvalue weighted by Gasteiger charge is -2.46. The van der Waals surface area contributed by atoms with E-state index in [2.05, 4.69) is 6.58 Å². The molecule has 5 rings (SSSR count). The highest BCUT2D eigenvalue weighted by molar-refractivity contribution is 7.89. The van der Waals surface area contributed by atoms with E-state index in [1.54, 1.807) is 31.3 Å². The Morgan fingerprint density at radius 1 is 1.11 bits per heavy atom. The summed E-state index contributed by atoms with van der Waals surface area (Å²) in [7, 11) is -1.92. The van der Waals surface area contributed by atoms with E-state index in [0.717, 1.165) is 35.2 Å². The number of nitrogens with zero attached hydrogens (tertiary/aromatic N) is 3. The zero-order chi connectivity index (χ0) is 25.7. The average molecular weight is 512 g/mol. The van der Waals surface area contributed by atoms with E-state index >= 15 is 0 Å². The summed E-state index contributed by atoms with van der Waals surface area (Å²) in [4.78, 5) is 14.4. The second-order valence-corrected chi connectivity index (χ2v) is 12.0. The molecule has 2 aromatic carbocycles. The summed E-state index contributed by atoms with van der Waals surface area (Å²) in [6.45, 7) is 5.19. The molecule has 9 nitrogen and oxygen atoms in total. The van der Waals surface area contributed by atoms with E-state index < -0.39 is 15.6 Å². The molecule has 1 aliphatic carbocycles. The SMILES string of the molecule is C=C(N)c1ccc(-c2ccc(S(=O)(=O)N3CCC4(CC3)CN(C3CC3)C(=O)CO4)cc2)cc1N(C)N. The highest BCUT2D eigenvalue weighted by Crippen LogP contribution is 2.37. The Hall–Kier alpha value is -2.92. The number of anilines is 1.